The molecular formula is C15H21ClF2N2O2. The van der Waals surface area contributed by atoms with Crippen molar-refractivity contribution in [2.75, 3.05) is 13.1 Å². The quantitative estimate of drug-likeness (QED) is 0.870. The number of piperidine rings is 1. The van der Waals surface area contributed by atoms with Gasteiger partial charge in [0.2, 0.25) is 5.91 Å². The van der Waals surface area contributed by atoms with Crippen LogP contribution in [0.2, 0.25) is 0 Å². The molecule has 7 heteroatoms. The fourth-order valence-corrected chi connectivity index (χ4v) is 2.46. The highest BCUT2D eigenvalue weighted by atomic mass is 35.5. The SMILES string of the molecule is Cc1ccc(OC(F)F)c(CNC(=O)C2CCCNC2)c1.Cl. The Balaban J connectivity index is 0.00000242. The molecule has 1 aromatic rings. The van der Waals surface area contributed by atoms with Crippen molar-refractivity contribution >= 4 is 18.3 Å². The number of hydrogen-bond acceptors (Lipinski definition) is 3. The summed E-state index contributed by atoms with van der Waals surface area (Å²) in [6, 6.07) is 4.95. The monoisotopic (exact) mass is 334 g/mol. The molecule has 2 rings (SSSR count). The van der Waals surface area contributed by atoms with Crippen LogP contribution in [0.4, 0.5) is 8.78 Å². The van der Waals surface area contributed by atoms with Crippen molar-refractivity contribution in [2.45, 2.75) is 32.9 Å². The number of carbonyl (C=O) groups excluding carboxylic acids is 1. The second-order valence-corrected chi connectivity index (χ2v) is 5.25. The highest BCUT2D eigenvalue weighted by molar-refractivity contribution is 5.85. The van der Waals surface area contributed by atoms with Gasteiger partial charge in [-0.2, -0.15) is 8.78 Å². The molecule has 1 fully saturated rings. The van der Waals surface area contributed by atoms with Crippen molar-refractivity contribution in [1.82, 2.24) is 10.6 Å². The Morgan fingerprint density at radius 1 is 1.50 bits per heavy atom. The Labute approximate surface area is 135 Å². The van der Waals surface area contributed by atoms with E-state index in [9.17, 15) is 13.6 Å². The molecule has 124 valence electrons. The molecule has 0 radical (unpaired) electrons. The first-order chi connectivity index (χ1) is 10.1. The van der Waals surface area contributed by atoms with Crippen LogP contribution in [0.5, 0.6) is 5.75 Å². The molecule has 2 N–H and O–H groups in total. The van der Waals surface area contributed by atoms with Crippen LogP contribution in [-0.4, -0.2) is 25.6 Å². The number of amides is 1. The Kier molecular flexibility index (Phi) is 7.55. The largest absolute Gasteiger partial charge is 0.434 e. The van der Waals surface area contributed by atoms with Gasteiger partial charge in [0.25, 0.3) is 0 Å². The summed E-state index contributed by atoms with van der Waals surface area (Å²) in [6.45, 7) is 0.792. The van der Waals surface area contributed by atoms with Gasteiger partial charge in [-0.3, -0.25) is 4.79 Å². The minimum atomic E-state index is -2.87. The van der Waals surface area contributed by atoms with Crippen molar-refractivity contribution < 1.29 is 18.3 Å². The number of benzene rings is 1. The molecule has 0 bridgehead atoms. The van der Waals surface area contributed by atoms with E-state index in [-0.39, 0.29) is 36.5 Å². The summed E-state index contributed by atoms with van der Waals surface area (Å²) in [6.07, 6.45) is 1.83. The van der Waals surface area contributed by atoms with E-state index in [1.54, 1.807) is 12.1 Å². The molecule has 4 nitrogen and oxygen atoms in total. The lowest BCUT2D eigenvalue weighted by Crippen LogP contribution is -2.40. The van der Waals surface area contributed by atoms with Crippen molar-refractivity contribution in [2.24, 2.45) is 5.92 Å². The maximum atomic E-state index is 12.4. The molecule has 1 aliphatic rings. The van der Waals surface area contributed by atoms with Gasteiger partial charge in [-0.05, 0) is 32.4 Å². The zero-order valence-corrected chi connectivity index (χ0v) is 13.2. The third-order valence-electron chi connectivity index (χ3n) is 3.55. The Morgan fingerprint density at radius 2 is 2.27 bits per heavy atom. The fraction of sp³-hybridized carbons (Fsp3) is 0.533. The van der Waals surface area contributed by atoms with Crippen LogP contribution >= 0.6 is 12.4 Å². The van der Waals surface area contributed by atoms with Gasteiger partial charge in [0.05, 0.1) is 5.92 Å². The summed E-state index contributed by atoms with van der Waals surface area (Å²) >= 11 is 0. The number of ether oxygens (including phenoxy) is 1. The lowest BCUT2D eigenvalue weighted by molar-refractivity contribution is -0.125. The maximum Gasteiger partial charge on any atom is 0.387 e. The topological polar surface area (TPSA) is 50.4 Å². The molecule has 0 aliphatic carbocycles. The molecule has 0 saturated carbocycles. The summed E-state index contributed by atoms with van der Waals surface area (Å²) in [7, 11) is 0. The van der Waals surface area contributed by atoms with E-state index in [0.29, 0.717) is 12.1 Å². The first-order valence-electron chi connectivity index (χ1n) is 7.09. The number of rotatable bonds is 5. The molecule has 1 unspecified atom stereocenters. The van der Waals surface area contributed by atoms with Crippen LogP contribution in [0, 0.1) is 12.8 Å². The maximum absolute atomic E-state index is 12.4. The zero-order chi connectivity index (χ0) is 15.2. The summed E-state index contributed by atoms with van der Waals surface area (Å²) in [4.78, 5) is 12.0. The van der Waals surface area contributed by atoms with Gasteiger partial charge in [0.1, 0.15) is 5.75 Å². The molecule has 1 aromatic carbocycles. The van der Waals surface area contributed by atoms with E-state index in [1.807, 2.05) is 6.92 Å². The van der Waals surface area contributed by atoms with E-state index in [4.69, 9.17) is 0 Å². The molecule has 1 aliphatic heterocycles. The number of aryl methyl sites for hydroxylation is 1. The third-order valence-corrected chi connectivity index (χ3v) is 3.55. The number of alkyl halides is 2. The highest BCUT2D eigenvalue weighted by Crippen LogP contribution is 2.22. The van der Waals surface area contributed by atoms with Crippen LogP contribution in [0.15, 0.2) is 18.2 Å². The Hall–Kier alpha value is -1.40. The molecule has 1 saturated heterocycles. The summed E-state index contributed by atoms with van der Waals surface area (Å²) in [5.74, 6) is 0.00685. The lowest BCUT2D eigenvalue weighted by atomic mass is 9.99. The average Bonchev–Trinajstić information content (AvgIpc) is 2.47. The number of carbonyl (C=O) groups is 1. The predicted molar refractivity (Wildman–Crippen MR) is 82.5 cm³/mol. The summed E-state index contributed by atoms with van der Waals surface area (Å²) in [5.41, 5.74) is 1.49. The number of hydrogen-bond donors (Lipinski definition) is 2. The standard InChI is InChI=1S/C15H20F2N2O2.ClH/c1-10-4-5-13(21-15(16)17)12(7-10)9-19-14(20)11-3-2-6-18-8-11;/h4-5,7,11,15,18H,2-3,6,8-9H2,1H3,(H,19,20);1H. The van der Waals surface area contributed by atoms with Crippen molar-refractivity contribution in [3.63, 3.8) is 0 Å². The number of halogens is 3. The molecule has 1 heterocycles. The molecular weight excluding hydrogens is 314 g/mol. The van der Waals surface area contributed by atoms with E-state index in [1.165, 1.54) is 6.07 Å². The van der Waals surface area contributed by atoms with Gasteiger partial charge in [-0.1, -0.05) is 17.7 Å². The van der Waals surface area contributed by atoms with E-state index < -0.39 is 6.61 Å². The summed E-state index contributed by atoms with van der Waals surface area (Å²) in [5, 5.41) is 5.98. The normalized spacial score (nSPS) is 17.7. The molecule has 1 atom stereocenters. The van der Waals surface area contributed by atoms with Crippen LogP contribution in [0.1, 0.15) is 24.0 Å². The number of nitrogens with one attached hydrogen (secondary N) is 2. The van der Waals surface area contributed by atoms with Gasteiger partial charge in [0.15, 0.2) is 0 Å². The van der Waals surface area contributed by atoms with Gasteiger partial charge in [0, 0.05) is 18.7 Å². The molecule has 1 amide bonds. The summed E-state index contributed by atoms with van der Waals surface area (Å²) < 4.78 is 29.2. The van der Waals surface area contributed by atoms with Gasteiger partial charge in [-0.15, -0.1) is 12.4 Å². The van der Waals surface area contributed by atoms with Crippen LogP contribution in [-0.2, 0) is 11.3 Å². The Bertz CT molecular complexity index is 494. The van der Waals surface area contributed by atoms with Crippen LogP contribution in [0.25, 0.3) is 0 Å². The van der Waals surface area contributed by atoms with Crippen molar-refractivity contribution in [3.05, 3.63) is 29.3 Å². The van der Waals surface area contributed by atoms with E-state index >= 15 is 0 Å². The fourth-order valence-electron chi connectivity index (χ4n) is 2.46. The second-order valence-electron chi connectivity index (χ2n) is 5.25. The van der Waals surface area contributed by atoms with Crippen LogP contribution in [0.3, 0.4) is 0 Å². The van der Waals surface area contributed by atoms with Gasteiger partial charge in [-0.25, -0.2) is 0 Å². The van der Waals surface area contributed by atoms with Crippen molar-refractivity contribution in [1.29, 1.82) is 0 Å². The minimum Gasteiger partial charge on any atom is -0.434 e. The van der Waals surface area contributed by atoms with E-state index in [0.717, 1.165) is 24.9 Å². The Morgan fingerprint density at radius 3 is 2.91 bits per heavy atom. The smallest absolute Gasteiger partial charge is 0.387 e. The predicted octanol–water partition coefficient (Wildman–Crippen LogP) is 2.63. The van der Waals surface area contributed by atoms with E-state index in [2.05, 4.69) is 15.4 Å². The zero-order valence-electron chi connectivity index (χ0n) is 12.4. The molecule has 0 spiro atoms. The second kappa shape index (κ2) is 8.90. The molecule has 0 aromatic heterocycles. The molecule has 22 heavy (non-hydrogen) atoms. The average molecular weight is 335 g/mol. The first kappa shape index (κ1) is 18.6. The van der Waals surface area contributed by atoms with Gasteiger partial charge >= 0.3 is 6.61 Å². The first-order valence-corrected chi connectivity index (χ1v) is 7.09. The third kappa shape index (κ3) is 5.42. The van der Waals surface area contributed by atoms with Gasteiger partial charge < -0.3 is 15.4 Å². The van der Waals surface area contributed by atoms with Crippen LogP contribution < -0.4 is 15.4 Å². The minimum absolute atomic E-state index is 0. The lowest BCUT2D eigenvalue weighted by Gasteiger charge is -2.22. The highest BCUT2D eigenvalue weighted by Gasteiger charge is 2.21. The van der Waals surface area contributed by atoms with Crippen molar-refractivity contribution in [3.8, 4) is 5.75 Å².